The molecule has 0 aliphatic carbocycles. The summed E-state index contributed by atoms with van der Waals surface area (Å²) in [5, 5.41) is 25.9. The number of nitrogens with zero attached hydrogens (tertiary/aromatic N) is 3. The van der Waals surface area contributed by atoms with Gasteiger partial charge in [0.05, 0.1) is 32.3 Å². The molecule has 1 amide bonds. The number of aromatic nitrogens is 2. The SMILES string of the molecule is O=C(O)C1=NN(c2ccc(S(=O)(=O)O)cc2)C(=O)/C1=C\C=C/c1c(C(=O)O)n(-c2ccc(S(=O)(=O)O)cc2)[nH]c1=O. The molecule has 1 aliphatic heterocycles. The highest BCUT2D eigenvalue weighted by Crippen LogP contribution is 2.25. The van der Waals surface area contributed by atoms with E-state index in [2.05, 4.69) is 10.2 Å². The molecule has 0 saturated heterocycles. The molecular formula is C23H16N4O12S2. The fourth-order valence-corrected chi connectivity index (χ4v) is 4.63. The lowest BCUT2D eigenvalue weighted by molar-refractivity contribution is -0.129. The summed E-state index contributed by atoms with van der Waals surface area (Å²) in [7, 11) is -9.05. The number of hydrazone groups is 1. The van der Waals surface area contributed by atoms with Crippen LogP contribution < -0.4 is 10.6 Å². The number of carboxylic acids is 2. The molecule has 0 spiro atoms. The van der Waals surface area contributed by atoms with E-state index in [0.717, 1.165) is 71.4 Å². The maximum Gasteiger partial charge on any atom is 0.357 e. The van der Waals surface area contributed by atoms with Gasteiger partial charge < -0.3 is 10.2 Å². The second-order valence-electron chi connectivity index (χ2n) is 8.09. The van der Waals surface area contributed by atoms with Crippen molar-refractivity contribution in [3.05, 3.63) is 87.9 Å². The molecule has 3 aromatic rings. The predicted octanol–water partition coefficient (Wildman–Crippen LogP) is 0.784. The first-order valence-corrected chi connectivity index (χ1v) is 13.8. The van der Waals surface area contributed by atoms with E-state index in [-0.39, 0.29) is 11.4 Å². The number of aliphatic carboxylic acids is 1. The Kier molecular flexibility index (Phi) is 7.33. The summed E-state index contributed by atoms with van der Waals surface area (Å²) in [4.78, 5) is 48.2. The highest BCUT2D eigenvalue weighted by molar-refractivity contribution is 7.86. The summed E-state index contributed by atoms with van der Waals surface area (Å²) in [6, 6.07) is 8.37. The fraction of sp³-hybridized carbons (Fsp3) is 0. The molecule has 1 aliphatic rings. The number of anilines is 1. The zero-order valence-electron chi connectivity index (χ0n) is 20.1. The normalized spacial score (nSPS) is 15.1. The first-order valence-electron chi connectivity index (χ1n) is 10.9. The van der Waals surface area contributed by atoms with Gasteiger partial charge in [-0.05, 0) is 60.7 Å². The minimum atomic E-state index is -4.53. The Morgan fingerprint density at radius 1 is 0.805 bits per heavy atom. The number of aromatic carboxylic acids is 1. The van der Waals surface area contributed by atoms with Gasteiger partial charge in [-0.25, -0.2) is 14.3 Å². The van der Waals surface area contributed by atoms with E-state index >= 15 is 0 Å². The van der Waals surface area contributed by atoms with Crippen molar-refractivity contribution in [1.29, 1.82) is 0 Å². The van der Waals surface area contributed by atoms with Gasteiger partial charge in [0.2, 0.25) is 0 Å². The van der Waals surface area contributed by atoms with Crippen molar-refractivity contribution >= 4 is 55.6 Å². The largest absolute Gasteiger partial charge is 0.476 e. The van der Waals surface area contributed by atoms with Crippen LogP contribution in [0.1, 0.15) is 16.1 Å². The Balaban J connectivity index is 1.70. The molecule has 41 heavy (non-hydrogen) atoms. The van der Waals surface area contributed by atoms with Crippen molar-refractivity contribution in [3.63, 3.8) is 0 Å². The zero-order chi connectivity index (χ0) is 30.3. The molecule has 212 valence electrons. The summed E-state index contributed by atoms with van der Waals surface area (Å²) in [6.45, 7) is 0. The molecule has 4 rings (SSSR count). The van der Waals surface area contributed by atoms with E-state index in [0.29, 0.717) is 5.01 Å². The topological polar surface area (TPSA) is 254 Å². The summed E-state index contributed by atoms with van der Waals surface area (Å²) in [5.41, 5.74) is -3.08. The average molecular weight is 605 g/mol. The number of aromatic amines is 1. The van der Waals surface area contributed by atoms with Crippen LogP contribution in [0.3, 0.4) is 0 Å². The third-order valence-electron chi connectivity index (χ3n) is 5.52. The predicted molar refractivity (Wildman–Crippen MR) is 139 cm³/mol. The van der Waals surface area contributed by atoms with Gasteiger partial charge in [0.25, 0.3) is 31.7 Å². The fourth-order valence-electron chi connectivity index (χ4n) is 3.67. The van der Waals surface area contributed by atoms with E-state index < -0.39 is 76.0 Å². The van der Waals surface area contributed by atoms with Gasteiger partial charge in [-0.2, -0.15) is 26.9 Å². The van der Waals surface area contributed by atoms with Gasteiger partial charge in [-0.1, -0.05) is 6.08 Å². The molecule has 18 heteroatoms. The number of rotatable bonds is 8. The lowest BCUT2D eigenvalue weighted by atomic mass is 10.1. The first kappa shape index (κ1) is 28.8. The molecule has 0 atom stereocenters. The number of allylic oxidation sites excluding steroid dienone is 2. The maximum atomic E-state index is 12.9. The quantitative estimate of drug-likeness (QED) is 0.177. The number of carbonyl (C=O) groups excluding carboxylic acids is 1. The van der Waals surface area contributed by atoms with Crippen LogP contribution in [0, 0.1) is 0 Å². The maximum absolute atomic E-state index is 12.9. The third kappa shape index (κ3) is 5.75. The van der Waals surface area contributed by atoms with Crippen molar-refractivity contribution < 1.29 is 50.5 Å². The third-order valence-corrected chi connectivity index (χ3v) is 7.25. The molecule has 2 aromatic carbocycles. The number of nitrogens with one attached hydrogen (secondary N) is 1. The molecule has 16 nitrogen and oxygen atoms in total. The number of amides is 1. The molecule has 0 radical (unpaired) electrons. The van der Waals surface area contributed by atoms with Crippen molar-refractivity contribution in [2.75, 3.05) is 5.01 Å². The minimum absolute atomic E-state index is 0.0202. The number of H-pyrrole nitrogens is 1. The number of hydrogen-bond donors (Lipinski definition) is 5. The average Bonchev–Trinajstić information content (AvgIpc) is 3.40. The first-order chi connectivity index (χ1) is 19.1. The smallest absolute Gasteiger partial charge is 0.357 e. The molecule has 0 fully saturated rings. The van der Waals surface area contributed by atoms with Crippen LogP contribution in [0.5, 0.6) is 0 Å². The van der Waals surface area contributed by atoms with Crippen LogP contribution in [-0.2, 0) is 29.8 Å². The summed E-state index contributed by atoms with van der Waals surface area (Å²) < 4.78 is 64.1. The van der Waals surface area contributed by atoms with Crippen molar-refractivity contribution in [1.82, 2.24) is 9.78 Å². The van der Waals surface area contributed by atoms with Crippen LogP contribution in [0.4, 0.5) is 5.69 Å². The zero-order valence-corrected chi connectivity index (χ0v) is 21.7. The highest BCUT2D eigenvalue weighted by atomic mass is 32.2. The Morgan fingerprint density at radius 2 is 1.32 bits per heavy atom. The monoisotopic (exact) mass is 604 g/mol. The standard InChI is InChI=1S/C23H16N4O12S2/c28-20-17(19(23(32)33)26(25-20)12-4-8-14(9-5-12)40(34,35)36)3-1-2-16-18(22(30)31)24-27(21(16)29)13-6-10-15(11-7-13)41(37,38)39/h1-11H,(H,25,28)(H,30,31)(H,32,33)(H,34,35,36)(H,37,38,39)/b3-1-,16-2-. The lowest BCUT2D eigenvalue weighted by Gasteiger charge is -2.11. The Morgan fingerprint density at radius 3 is 1.78 bits per heavy atom. The van der Waals surface area contributed by atoms with Crippen molar-refractivity contribution in [2.24, 2.45) is 5.10 Å². The molecule has 5 N–H and O–H groups in total. The van der Waals surface area contributed by atoms with Gasteiger partial charge in [-0.15, -0.1) is 0 Å². The highest BCUT2D eigenvalue weighted by Gasteiger charge is 2.35. The van der Waals surface area contributed by atoms with Gasteiger partial charge in [0.15, 0.2) is 11.4 Å². The van der Waals surface area contributed by atoms with Crippen LogP contribution in [-0.4, -0.2) is 69.5 Å². The lowest BCUT2D eigenvalue weighted by Crippen LogP contribution is -2.22. The van der Waals surface area contributed by atoms with Crippen LogP contribution in [0.2, 0.25) is 0 Å². The molecule has 2 heterocycles. The number of benzene rings is 2. The van der Waals surface area contributed by atoms with Gasteiger partial charge >= 0.3 is 11.9 Å². The molecule has 0 unspecified atom stereocenters. The van der Waals surface area contributed by atoms with Gasteiger partial charge in [0.1, 0.15) is 0 Å². The second kappa shape index (κ2) is 10.4. The van der Waals surface area contributed by atoms with Crippen LogP contribution in [0.25, 0.3) is 11.8 Å². The van der Waals surface area contributed by atoms with Crippen LogP contribution >= 0.6 is 0 Å². The van der Waals surface area contributed by atoms with Crippen LogP contribution in [0.15, 0.2) is 85.9 Å². The Bertz CT molecular complexity index is 1970. The molecule has 0 bridgehead atoms. The van der Waals surface area contributed by atoms with E-state index in [9.17, 15) is 46.2 Å². The summed E-state index contributed by atoms with van der Waals surface area (Å²) in [5.74, 6) is -4.12. The molecule has 1 aromatic heterocycles. The van der Waals surface area contributed by atoms with E-state index in [1.165, 1.54) is 0 Å². The Labute approximate surface area is 229 Å². The molecule has 0 saturated carbocycles. The minimum Gasteiger partial charge on any atom is -0.476 e. The number of carboxylic acid groups (broad SMARTS) is 2. The van der Waals surface area contributed by atoms with Gasteiger partial charge in [-0.3, -0.25) is 23.8 Å². The van der Waals surface area contributed by atoms with E-state index in [1.54, 1.807) is 0 Å². The Hall–Kier alpha value is -5.17. The number of hydrogen-bond acceptors (Lipinski definition) is 9. The summed E-state index contributed by atoms with van der Waals surface area (Å²) in [6.07, 6.45) is 3.01. The van der Waals surface area contributed by atoms with E-state index in [4.69, 9.17) is 9.11 Å². The summed E-state index contributed by atoms with van der Waals surface area (Å²) >= 11 is 0. The van der Waals surface area contributed by atoms with Crippen molar-refractivity contribution in [3.8, 4) is 5.69 Å². The molecular weight excluding hydrogens is 588 g/mol. The van der Waals surface area contributed by atoms with Crippen molar-refractivity contribution in [2.45, 2.75) is 9.79 Å². The van der Waals surface area contributed by atoms with E-state index in [1.807, 2.05) is 0 Å². The second-order valence-corrected chi connectivity index (χ2v) is 10.9. The van der Waals surface area contributed by atoms with Gasteiger partial charge in [0, 0.05) is 0 Å². The number of carbonyl (C=O) groups is 3.